The number of rotatable bonds is 10. The van der Waals surface area contributed by atoms with Crippen LogP contribution in [0.15, 0.2) is 4.99 Å². The summed E-state index contributed by atoms with van der Waals surface area (Å²) in [4.78, 5) is 7.34. The predicted octanol–water partition coefficient (Wildman–Crippen LogP) is 2.49. The molecule has 2 N–H and O–H groups in total. The Bertz CT molecular complexity index is 688. The number of guanidine groups is 1. The molecular formula is C23H43N7O. The van der Waals surface area contributed by atoms with E-state index >= 15 is 0 Å². The van der Waals surface area contributed by atoms with Crippen LogP contribution >= 0.6 is 0 Å². The van der Waals surface area contributed by atoms with E-state index in [-0.39, 0.29) is 0 Å². The van der Waals surface area contributed by atoms with Crippen molar-refractivity contribution in [1.29, 1.82) is 0 Å². The fourth-order valence-corrected chi connectivity index (χ4v) is 4.96. The topological polar surface area (TPSA) is 79.6 Å². The standard InChI is InChI=1S/C23H43N7O/c1-19(2)16-23(8-5-6-9-23)18-26-22(25-17-21-28-27-20(3)29(21)4)24-10-7-11-30-12-14-31-15-13-30/h19H,5-18H2,1-4H3,(H2,24,25,26). The van der Waals surface area contributed by atoms with E-state index in [1.165, 1.54) is 32.1 Å². The van der Waals surface area contributed by atoms with E-state index in [4.69, 9.17) is 9.73 Å². The zero-order valence-corrected chi connectivity index (χ0v) is 20.1. The van der Waals surface area contributed by atoms with Crippen molar-refractivity contribution in [3.63, 3.8) is 0 Å². The molecule has 3 rings (SSSR count). The number of aromatic nitrogens is 3. The van der Waals surface area contributed by atoms with E-state index in [9.17, 15) is 0 Å². The van der Waals surface area contributed by atoms with Crippen molar-refractivity contribution >= 4 is 5.96 Å². The molecule has 1 saturated carbocycles. The fraction of sp³-hybridized carbons (Fsp3) is 0.870. The molecule has 31 heavy (non-hydrogen) atoms. The van der Waals surface area contributed by atoms with Crippen molar-refractivity contribution in [3.8, 4) is 0 Å². The van der Waals surface area contributed by atoms with Crippen LogP contribution in [0, 0.1) is 18.3 Å². The smallest absolute Gasteiger partial charge is 0.191 e. The summed E-state index contributed by atoms with van der Waals surface area (Å²) >= 11 is 0. The van der Waals surface area contributed by atoms with Crippen LogP contribution in [0.3, 0.4) is 0 Å². The maximum absolute atomic E-state index is 5.45. The van der Waals surface area contributed by atoms with Crippen LogP contribution in [0.5, 0.6) is 0 Å². The summed E-state index contributed by atoms with van der Waals surface area (Å²) in [5, 5.41) is 15.7. The Morgan fingerprint density at radius 3 is 2.55 bits per heavy atom. The number of morpholine rings is 1. The van der Waals surface area contributed by atoms with Crippen LogP contribution in [0.2, 0.25) is 0 Å². The van der Waals surface area contributed by atoms with Crippen molar-refractivity contribution in [2.75, 3.05) is 45.9 Å². The molecule has 1 aromatic rings. The molecular weight excluding hydrogens is 390 g/mol. The average Bonchev–Trinajstić information content (AvgIpc) is 3.34. The lowest BCUT2D eigenvalue weighted by Gasteiger charge is -2.32. The summed E-state index contributed by atoms with van der Waals surface area (Å²) in [5.41, 5.74) is 0.409. The summed E-state index contributed by atoms with van der Waals surface area (Å²) in [6, 6.07) is 0. The van der Waals surface area contributed by atoms with Crippen molar-refractivity contribution in [1.82, 2.24) is 30.3 Å². The van der Waals surface area contributed by atoms with Crippen LogP contribution in [0.25, 0.3) is 0 Å². The third-order valence-corrected chi connectivity index (χ3v) is 6.74. The Labute approximate surface area is 188 Å². The maximum atomic E-state index is 5.45. The Morgan fingerprint density at radius 1 is 1.16 bits per heavy atom. The molecule has 2 aliphatic rings. The van der Waals surface area contributed by atoms with Crippen molar-refractivity contribution in [3.05, 3.63) is 11.6 Å². The van der Waals surface area contributed by atoms with E-state index in [0.717, 1.165) is 75.9 Å². The summed E-state index contributed by atoms with van der Waals surface area (Å²) in [7, 11) is 2.00. The highest BCUT2D eigenvalue weighted by Gasteiger charge is 2.34. The van der Waals surface area contributed by atoms with Crippen LogP contribution in [-0.2, 0) is 18.3 Å². The van der Waals surface area contributed by atoms with E-state index in [1.54, 1.807) is 0 Å². The van der Waals surface area contributed by atoms with Gasteiger partial charge >= 0.3 is 0 Å². The van der Waals surface area contributed by atoms with Crippen molar-refractivity contribution < 1.29 is 4.74 Å². The Kier molecular flexibility index (Phi) is 9.14. The number of aryl methyl sites for hydroxylation is 1. The molecule has 8 heteroatoms. The lowest BCUT2D eigenvalue weighted by Crippen LogP contribution is -2.44. The molecule has 176 valence electrons. The second kappa shape index (κ2) is 11.8. The lowest BCUT2D eigenvalue weighted by atomic mass is 9.78. The lowest BCUT2D eigenvalue weighted by molar-refractivity contribution is 0.0376. The van der Waals surface area contributed by atoms with E-state index in [1.807, 2.05) is 18.5 Å². The molecule has 0 spiro atoms. The van der Waals surface area contributed by atoms with E-state index < -0.39 is 0 Å². The minimum Gasteiger partial charge on any atom is -0.379 e. The molecule has 0 aromatic carbocycles. The molecule has 0 radical (unpaired) electrons. The first-order valence-corrected chi connectivity index (χ1v) is 12.1. The SMILES string of the molecule is Cc1nnc(CN=C(NCCCN2CCOCC2)NCC2(CC(C)C)CCCC2)n1C. The van der Waals surface area contributed by atoms with Gasteiger partial charge in [-0.2, -0.15) is 0 Å². The van der Waals surface area contributed by atoms with Crippen molar-refractivity contribution in [2.24, 2.45) is 23.4 Å². The van der Waals surface area contributed by atoms with Gasteiger partial charge < -0.3 is 19.9 Å². The van der Waals surface area contributed by atoms with Crippen molar-refractivity contribution in [2.45, 2.75) is 65.8 Å². The molecule has 0 atom stereocenters. The zero-order chi connectivity index (χ0) is 22.1. The molecule has 1 aliphatic carbocycles. The van der Waals surface area contributed by atoms with Gasteiger partial charge in [0.05, 0.1) is 13.2 Å². The Morgan fingerprint density at radius 2 is 1.90 bits per heavy atom. The highest BCUT2D eigenvalue weighted by molar-refractivity contribution is 5.79. The molecule has 0 unspecified atom stereocenters. The number of nitrogens with zero attached hydrogens (tertiary/aromatic N) is 5. The van der Waals surface area contributed by atoms with Crippen LogP contribution in [-0.4, -0.2) is 71.6 Å². The van der Waals surface area contributed by atoms with E-state index in [0.29, 0.717) is 12.0 Å². The van der Waals surface area contributed by atoms with Gasteiger partial charge in [-0.05, 0) is 50.5 Å². The van der Waals surface area contributed by atoms with Gasteiger partial charge in [0.25, 0.3) is 0 Å². The van der Waals surface area contributed by atoms with Gasteiger partial charge in [0.2, 0.25) is 0 Å². The summed E-state index contributed by atoms with van der Waals surface area (Å²) in [6.45, 7) is 14.0. The van der Waals surface area contributed by atoms with Crippen LogP contribution in [0.4, 0.5) is 0 Å². The highest BCUT2D eigenvalue weighted by Crippen LogP contribution is 2.42. The minimum absolute atomic E-state index is 0.409. The number of ether oxygens (including phenoxy) is 1. The molecule has 1 aliphatic heterocycles. The molecule has 1 saturated heterocycles. The number of hydrogen-bond acceptors (Lipinski definition) is 5. The Hall–Kier alpha value is -1.67. The molecule has 2 heterocycles. The Balaban J connectivity index is 1.56. The molecule has 2 fully saturated rings. The highest BCUT2D eigenvalue weighted by atomic mass is 16.5. The molecule has 0 bridgehead atoms. The zero-order valence-electron chi connectivity index (χ0n) is 20.1. The first-order chi connectivity index (χ1) is 15.0. The monoisotopic (exact) mass is 433 g/mol. The first-order valence-electron chi connectivity index (χ1n) is 12.1. The third kappa shape index (κ3) is 7.45. The average molecular weight is 434 g/mol. The van der Waals surface area contributed by atoms with Gasteiger partial charge in [0.15, 0.2) is 11.8 Å². The van der Waals surface area contributed by atoms with Gasteiger partial charge in [-0.25, -0.2) is 4.99 Å². The van der Waals surface area contributed by atoms with Gasteiger partial charge in [-0.1, -0.05) is 26.7 Å². The van der Waals surface area contributed by atoms with E-state index in [2.05, 4.69) is 39.6 Å². The van der Waals surface area contributed by atoms with Gasteiger partial charge in [-0.3, -0.25) is 4.90 Å². The third-order valence-electron chi connectivity index (χ3n) is 6.74. The largest absolute Gasteiger partial charge is 0.379 e. The maximum Gasteiger partial charge on any atom is 0.191 e. The molecule has 1 aromatic heterocycles. The normalized spacial score (nSPS) is 19.8. The molecule has 8 nitrogen and oxygen atoms in total. The molecule has 0 amide bonds. The van der Waals surface area contributed by atoms with Gasteiger partial charge in [-0.15, -0.1) is 10.2 Å². The number of hydrogen-bond donors (Lipinski definition) is 2. The van der Waals surface area contributed by atoms with Gasteiger partial charge in [0.1, 0.15) is 12.4 Å². The number of aliphatic imine (C=N–C) groups is 1. The van der Waals surface area contributed by atoms with Crippen LogP contribution < -0.4 is 10.6 Å². The number of nitrogens with one attached hydrogen (secondary N) is 2. The second-order valence-corrected chi connectivity index (χ2v) is 9.78. The minimum atomic E-state index is 0.409. The first kappa shape index (κ1) is 24.0. The predicted molar refractivity (Wildman–Crippen MR) is 125 cm³/mol. The summed E-state index contributed by atoms with van der Waals surface area (Å²) in [5.74, 6) is 3.44. The second-order valence-electron chi connectivity index (χ2n) is 9.78. The van der Waals surface area contributed by atoms with Crippen LogP contribution in [0.1, 0.15) is 64.0 Å². The fourth-order valence-electron chi connectivity index (χ4n) is 4.96. The summed E-state index contributed by atoms with van der Waals surface area (Å²) in [6.07, 6.45) is 7.74. The van der Waals surface area contributed by atoms with Gasteiger partial charge in [0, 0.05) is 33.2 Å². The quantitative estimate of drug-likeness (QED) is 0.335. The summed E-state index contributed by atoms with van der Waals surface area (Å²) < 4.78 is 7.46.